The van der Waals surface area contributed by atoms with Gasteiger partial charge in [-0.05, 0) is 56.5 Å². The molecule has 0 radical (unpaired) electrons. The van der Waals surface area contributed by atoms with Crippen LogP contribution in [0.2, 0.25) is 5.02 Å². The second-order valence-electron chi connectivity index (χ2n) is 8.35. The standard InChI is InChI=1S/C23H25ClN6O3.ClH/c24-15-4-5-18(19(10-15)22(31)28-21-14-26-16(12-25)13-27-21)20-11-17(6-9-30(20)23(32)33)29-7-2-1-3-8-29;/h4-5,10,13-14,17,20H,1-3,6-9,11H2,(H,32,33)(H,27,28,31);1H. The van der Waals surface area contributed by atoms with Crippen LogP contribution >= 0.6 is 24.0 Å². The van der Waals surface area contributed by atoms with Gasteiger partial charge in [0.2, 0.25) is 0 Å². The lowest BCUT2D eigenvalue weighted by atomic mass is 9.87. The van der Waals surface area contributed by atoms with Crippen molar-refractivity contribution in [3.8, 4) is 6.07 Å². The predicted molar refractivity (Wildman–Crippen MR) is 129 cm³/mol. The number of rotatable bonds is 4. The first-order valence-electron chi connectivity index (χ1n) is 11.0. The van der Waals surface area contributed by atoms with Crippen molar-refractivity contribution in [2.75, 3.05) is 25.0 Å². The van der Waals surface area contributed by atoms with Crippen LogP contribution in [0.3, 0.4) is 0 Å². The van der Waals surface area contributed by atoms with E-state index in [2.05, 4.69) is 20.2 Å². The van der Waals surface area contributed by atoms with Crippen LogP contribution in [0.15, 0.2) is 30.6 Å². The Balaban J connectivity index is 0.00000324. The lowest BCUT2D eigenvalue weighted by Crippen LogP contribution is -2.49. The van der Waals surface area contributed by atoms with Crippen LogP contribution < -0.4 is 5.32 Å². The lowest BCUT2D eigenvalue weighted by Gasteiger charge is -2.44. The van der Waals surface area contributed by atoms with Crippen LogP contribution in [-0.4, -0.2) is 62.6 Å². The fraction of sp³-hybridized carbons (Fsp3) is 0.435. The van der Waals surface area contributed by atoms with Crippen molar-refractivity contribution in [1.29, 1.82) is 5.26 Å². The van der Waals surface area contributed by atoms with Gasteiger partial charge in [-0.3, -0.25) is 4.79 Å². The fourth-order valence-corrected chi connectivity index (χ4v) is 4.91. The van der Waals surface area contributed by atoms with Gasteiger partial charge >= 0.3 is 6.09 Å². The molecule has 2 fully saturated rings. The first-order valence-corrected chi connectivity index (χ1v) is 11.4. The molecule has 2 aliphatic rings. The zero-order valence-corrected chi connectivity index (χ0v) is 20.1. The van der Waals surface area contributed by atoms with Gasteiger partial charge in [0.1, 0.15) is 6.07 Å². The van der Waals surface area contributed by atoms with E-state index in [0.29, 0.717) is 29.1 Å². The molecule has 0 saturated carbocycles. The number of carbonyl (C=O) groups is 2. The molecule has 0 spiro atoms. The van der Waals surface area contributed by atoms with Crippen LogP contribution in [0.4, 0.5) is 10.6 Å². The Morgan fingerprint density at radius 1 is 1.15 bits per heavy atom. The largest absolute Gasteiger partial charge is 0.465 e. The van der Waals surface area contributed by atoms with Crippen molar-refractivity contribution >= 4 is 41.8 Å². The molecule has 9 nitrogen and oxygen atoms in total. The smallest absolute Gasteiger partial charge is 0.407 e. The molecule has 0 bridgehead atoms. The first kappa shape index (κ1) is 25.7. The number of benzene rings is 1. The minimum atomic E-state index is -1.00. The van der Waals surface area contributed by atoms with Crippen molar-refractivity contribution in [2.45, 2.75) is 44.2 Å². The van der Waals surface area contributed by atoms with Gasteiger partial charge in [-0.2, -0.15) is 5.26 Å². The lowest BCUT2D eigenvalue weighted by molar-refractivity contribution is 0.0528. The second kappa shape index (κ2) is 11.5. The Morgan fingerprint density at radius 3 is 2.56 bits per heavy atom. The van der Waals surface area contributed by atoms with E-state index >= 15 is 0 Å². The Kier molecular flexibility index (Phi) is 8.67. The summed E-state index contributed by atoms with van der Waals surface area (Å²) in [6.45, 7) is 2.46. The highest BCUT2D eigenvalue weighted by atomic mass is 35.5. The quantitative estimate of drug-likeness (QED) is 0.634. The molecular formula is C23H26Cl2N6O3. The van der Waals surface area contributed by atoms with Crippen LogP contribution in [0.25, 0.3) is 0 Å². The monoisotopic (exact) mass is 504 g/mol. The van der Waals surface area contributed by atoms with Gasteiger partial charge in [0.25, 0.3) is 5.91 Å². The molecule has 2 N–H and O–H groups in total. The van der Waals surface area contributed by atoms with Crippen LogP contribution in [0, 0.1) is 11.3 Å². The average molecular weight is 505 g/mol. The maximum absolute atomic E-state index is 13.2. The van der Waals surface area contributed by atoms with Gasteiger partial charge in [-0.25, -0.2) is 14.8 Å². The molecule has 11 heteroatoms. The number of amides is 2. The number of likely N-dealkylation sites (tertiary alicyclic amines) is 2. The zero-order valence-electron chi connectivity index (χ0n) is 18.5. The van der Waals surface area contributed by atoms with Crippen LogP contribution in [0.5, 0.6) is 0 Å². The number of hydrogen-bond donors (Lipinski definition) is 2. The summed E-state index contributed by atoms with van der Waals surface area (Å²) in [6.07, 6.45) is 6.50. The molecule has 2 amide bonds. The summed E-state index contributed by atoms with van der Waals surface area (Å²) in [7, 11) is 0. The van der Waals surface area contributed by atoms with E-state index in [0.717, 1.165) is 32.4 Å². The molecule has 2 aliphatic heterocycles. The number of nitrogens with one attached hydrogen (secondary N) is 1. The summed E-state index contributed by atoms with van der Waals surface area (Å²) < 4.78 is 0. The number of carboxylic acid groups (broad SMARTS) is 1. The highest BCUT2D eigenvalue weighted by molar-refractivity contribution is 6.31. The number of anilines is 1. The molecule has 1 aromatic carbocycles. The third-order valence-electron chi connectivity index (χ3n) is 6.35. The Hall–Kier alpha value is -2.93. The minimum absolute atomic E-state index is 0. The maximum Gasteiger partial charge on any atom is 0.407 e. The topological polar surface area (TPSA) is 122 Å². The molecule has 180 valence electrons. The molecular weight excluding hydrogens is 479 g/mol. The first-order chi connectivity index (χ1) is 16.0. The maximum atomic E-state index is 13.2. The SMILES string of the molecule is Cl.N#Cc1cnc(NC(=O)c2cc(Cl)ccc2C2CC(N3CCCCC3)CCN2C(=O)O)cn1. The summed E-state index contributed by atoms with van der Waals surface area (Å²) in [5.74, 6) is -0.271. The van der Waals surface area contributed by atoms with Gasteiger partial charge in [0.15, 0.2) is 11.5 Å². The van der Waals surface area contributed by atoms with E-state index in [4.69, 9.17) is 16.9 Å². The van der Waals surface area contributed by atoms with Gasteiger partial charge in [-0.15, -0.1) is 12.4 Å². The number of halogens is 2. The zero-order chi connectivity index (χ0) is 23.4. The van der Waals surface area contributed by atoms with E-state index in [1.807, 2.05) is 6.07 Å². The van der Waals surface area contributed by atoms with Crippen molar-refractivity contribution in [3.63, 3.8) is 0 Å². The number of nitrogens with zero attached hydrogens (tertiary/aromatic N) is 5. The Morgan fingerprint density at radius 2 is 1.91 bits per heavy atom. The normalized spacial score (nSPS) is 20.6. The van der Waals surface area contributed by atoms with Crippen molar-refractivity contribution in [1.82, 2.24) is 19.8 Å². The second-order valence-corrected chi connectivity index (χ2v) is 8.79. The summed E-state index contributed by atoms with van der Waals surface area (Å²) in [4.78, 5) is 37.1. The Bertz CT molecular complexity index is 1070. The summed E-state index contributed by atoms with van der Waals surface area (Å²) in [6, 6.07) is 6.64. The summed E-state index contributed by atoms with van der Waals surface area (Å²) in [5, 5.41) is 21.8. The van der Waals surface area contributed by atoms with Crippen LogP contribution in [-0.2, 0) is 0 Å². The van der Waals surface area contributed by atoms with Gasteiger partial charge in [0.05, 0.1) is 18.4 Å². The molecule has 2 unspecified atom stereocenters. The minimum Gasteiger partial charge on any atom is -0.465 e. The number of piperidine rings is 2. The number of carbonyl (C=O) groups excluding carboxylic acids is 1. The van der Waals surface area contributed by atoms with Crippen molar-refractivity contribution < 1.29 is 14.7 Å². The molecule has 3 heterocycles. The third kappa shape index (κ3) is 5.76. The van der Waals surface area contributed by atoms with Gasteiger partial charge in [0, 0.05) is 23.2 Å². The molecule has 34 heavy (non-hydrogen) atoms. The predicted octanol–water partition coefficient (Wildman–Crippen LogP) is 4.35. The van der Waals surface area contributed by atoms with Crippen LogP contribution in [0.1, 0.15) is 59.8 Å². The highest BCUT2D eigenvalue weighted by Gasteiger charge is 2.37. The fourth-order valence-electron chi connectivity index (χ4n) is 4.74. The molecule has 2 atom stereocenters. The van der Waals surface area contributed by atoms with E-state index in [1.165, 1.54) is 23.7 Å². The average Bonchev–Trinajstić information content (AvgIpc) is 2.84. The summed E-state index contributed by atoms with van der Waals surface area (Å²) in [5.41, 5.74) is 1.05. The number of aromatic nitrogens is 2. The molecule has 2 saturated heterocycles. The van der Waals surface area contributed by atoms with E-state index in [-0.39, 0.29) is 30.0 Å². The van der Waals surface area contributed by atoms with Crippen molar-refractivity contribution in [3.05, 3.63) is 52.4 Å². The van der Waals surface area contributed by atoms with Gasteiger partial charge in [-0.1, -0.05) is 24.1 Å². The van der Waals surface area contributed by atoms with Crippen molar-refractivity contribution in [2.24, 2.45) is 0 Å². The van der Waals surface area contributed by atoms with E-state index in [9.17, 15) is 14.7 Å². The van der Waals surface area contributed by atoms with E-state index < -0.39 is 18.0 Å². The highest BCUT2D eigenvalue weighted by Crippen LogP contribution is 2.37. The third-order valence-corrected chi connectivity index (χ3v) is 6.59. The number of hydrogen-bond acceptors (Lipinski definition) is 6. The molecule has 1 aromatic heterocycles. The molecule has 0 aliphatic carbocycles. The Labute approximate surface area is 209 Å². The number of nitriles is 1. The molecule has 4 rings (SSSR count). The van der Waals surface area contributed by atoms with Gasteiger partial charge < -0.3 is 20.2 Å². The molecule has 2 aromatic rings. The van der Waals surface area contributed by atoms with E-state index in [1.54, 1.807) is 18.2 Å². The summed E-state index contributed by atoms with van der Waals surface area (Å²) >= 11 is 6.21.